The van der Waals surface area contributed by atoms with E-state index in [1.807, 2.05) is 37.3 Å². The van der Waals surface area contributed by atoms with Crippen molar-refractivity contribution < 1.29 is 9.53 Å². The largest absolute Gasteiger partial charge is 0.497 e. The molecule has 0 aliphatic carbocycles. The predicted molar refractivity (Wildman–Crippen MR) is 83.2 cm³/mol. The molecule has 0 saturated heterocycles. The minimum atomic E-state index is -0.394. The molecule has 0 spiro atoms. The second kappa shape index (κ2) is 6.90. The summed E-state index contributed by atoms with van der Waals surface area (Å²) in [5.74, 6) is 0.463. The second-order valence-corrected chi connectivity index (χ2v) is 4.96. The summed E-state index contributed by atoms with van der Waals surface area (Å²) in [5.41, 5.74) is 9.20. The molecule has 0 unspecified atom stereocenters. The molecule has 4 nitrogen and oxygen atoms in total. The first-order chi connectivity index (χ1) is 10.1. The van der Waals surface area contributed by atoms with Gasteiger partial charge in [0.25, 0.3) is 0 Å². The number of methoxy groups -OCH3 is 1. The lowest BCUT2D eigenvalue weighted by Gasteiger charge is -2.10. The second-order valence-electron chi connectivity index (χ2n) is 4.96. The summed E-state index contributed by atoms with van der Waals surface area (Å²) in [6, 6.07) is 13.5. The average Bonchev–Trinajstić information content (AvgIpc) is 2.49. The van der Waals surface area contributed by atoms with Crippen LogP contribution >= 0.6 is 0 Å². The monoisotopic (exact) mass is 284 g/mol. The average molecular weight is 284 g/mol. The molecule has 0 saturated carbocycles. The van der Waals surface area contributed by atoms with E-state index in [-0.39, 0.29) is 0 Å². The van der Waals surface area contributed by atoms with Gasteiger partial charge < -0.3 is 15.8 Å². The summed E-state index contributed by atoms with van der Waals surface area (Å²) in [6.07, 6.45) is 0. The highest BCUT2D eigenvalue weighted by atomic mass is 16.5. The highest BCUT2D eigenvalue weighted by molar-refractivity contribution is 5.93. The SMILES string of the molecule is COc1cccc(CNCc2ccc(C(N)=O)cc2C)c1. The number of rotatable bonds is 6. The molecule has 110 valence electrons. The summed E-state index contributed by atoms with van der Waals surface area (Å²) in [5, 5.41) is 3.39. The fraction of sp³-hybridized carbons (Fsp3) is 0.235. The van der Waals surface area contributed by atoms with Crippen LogP contribution in [0.15, 0.2) is 42.5 Å². The van der Waals surface area contributed by atoms with Crippen molar-refractivity contribution in [1.29, 1.82) is 0 Å². The summed E-state index contributed by atoms with van der Waals surface area (Å²) in [4.78, 5) is 11.1. The van der Waals surface area contributed by atoms with Crippen LogP contribution in [0.3, 0.4) is 0 Å². The van der Waals surface area contributed by atoms with Crippen molar-refractivity contribution in [2.45, 2.75) is 20.0 Å². The topological polar surface area (TPSA) is 64.3 Å². The number of carbonyl (C=O) groups excluding carboxylic acids is 1. The van der Waals surface area contributed by atoms with Crippen LogP contribution in [0.2, 0.25) is 0 Å². The van der Waals surface area contributed by atoms with Gasteiger partial charge in [-0.05, 0) is 47.9 Å². The molecule has 21 heavy (non-hydrogen) atoms. The van der Waals surface area contributed by atoms with Gasteiger partial charge in [-0.3, -0.25) is 4.79 Å². The van der Waals surface area contributed by atoms with Gasteiger partial charge in [0.05, 0.1) is 7.11 Å². The lowest BCUT2D eigenvalue weighted by Crippen LogP contribution is -2.15. The number of primary amides is 1. The maximum Gasteiger partial charge on any atom is 0.248 e. The van der Waals surface area contributed by atoms with Gasteiger partial charge in [0.15, 0.2) is 0 Å². The Morgan fingerprint density at radius 1 is 1.19 bits per heavy atom. The molecule has 0 aromatic heterocycles. The Hall–Kier alpha value is -2.33. The zero-order valence-electron chi connectivity index (χ0n) is 12.3. The summed E-state index contributed by atoms with van der Waals surface area (Å²) >= 11 is 0. The van der Waals surface area contributed by atoms with E-state index in [9.17, 15) is 4.79 Å². The third kappa shape index (κ3) is 4.07. The lowest BCUT2D eigenvalue weighted by molar-refractivity contribution is 0.1000. The summed E-state index contributed by atoms with van der Waals surface area (Å²) < 4.78 is 5.20. The molecule has 4 heteroatoms. The summed E-state index contributed by atoms with van der Waals surface area (Å²) in [6.45, 7) is 3.48. The first-order valence-electron chi connectivity index (χ1n) is 6.83. The summed E-state index contributed by atoms with van der Waals surface area (Å²) in [7, 11) is 1.66. The van der Waals surface area contributed by atoms with E-state index in [1.165, 1.54) is 5.56 Å². The molecule has 2 aromatic carbocycles. The molecule has 1 amide bonds. The molecule has 0 atom stereocenters. The van der Waals surface area contributed by atoms with Crippen LogP contribution in [0.1, 0.15) is 27.0 Å². The van der Waals surface area contributed by atoms with Crippen molar-refractivity contribution in [3.63, 3.8) is 0 Å². The third-order valence-electron chi connectivity index (χ3n) is 3.41. The first kappa shape index (κ1) is 15.1. The molecular formula is C17H20N2O2. The molecule has 3 N–H and O–H groups in total. The maximum atomic E-state index is 11.1. The Labute approximate surface area is 124 Å². The van der Waals surface area contributed by atoms with Crippen molar-refractivity contribution in [2.24, 2.45) is 5.73 Å². The zero-order chi connectivity index (χ0) is 15.2. The molecule has 0 radical (unpaired) electrons. The molecule has 0 bridgehead atoms. The van der Waals surface area contributed by atoms with E-state index in [0.717, 1.165) is 30.0 Å². The zero-order valence-corrected chi connectivity index (χ0v) is 12.3. The third-order valence-corrected chi connectivity index (χ3v) is 3.41. The number of amides is 1. The number of benzene rings is 2. The lowest BCUT2D eigenvalue weighted by atomic mass is 10.0. The molecule has 0 heterocycles. The predicted octanol–water partition coefficient (Wildman–Crippen LogP) is 2.39. The Balaban J connectivity index is 1.95. The van der Waals surface area contributed by atoms with Crippen LogP contribution in [-0.4, -0.2) is 13.0 Å². The highest BCUT2D eigenvalue weighted by Gasteiger charge is 2.04. The molecule has 2 rings (SSSR count). The highest BCUT2D eigenvalue weighted by Crippen LogP contribution is 2.13. The van der Waals surface area contributed by atoms with Gasteiger partial charge in [-0.2, -0.15) is 0 Å². The molecule has 0 aliphatic rings. The van der Waals surface area contributed by atoms with Crippen LogP contribution in [0, 0.1) is 6.92 Å². The van der Waals surface area contributed by atoms with E-state index in [1.54, 1.807) is 13.2 Å². The maximum absolute atomic E-state index is 11.1. The van der Waals surface area contributed by atoms with Gasteiger partial charge in [-0.1, -0.05) is 18.2 Å². The minimum absolute atomic E-state index is 0.394. The fourth-order valence-corrected chi connectivity index (χ4v) is 2.17. The van der Waals surface area contributed by atoms with Gasteiger partial charge >= 0.3 is 0 Å². The number of hydrogen-bond acceptors (Lipinski definition) is 3. The first-order valence-corrected chi connectivity index (χ1v) is 6.83. The van der Waals surface area contributed by atoms with Gasteiger partial charge in [0, 0.05) is 18.7 Å². The van der Waals surface area contributed by atoms with Crippen LogP contribution in [-0.2, 0) is 13.1 Å². The standard InChI is InChI=1S/C17H20N2O2/c1-12-8-14(17(18)20)6-7-15(12)11-19-10-13-4-3-5-16(9-13)21-2/h3-9,19H,10-11H2,1-2H3,(H2,18,20). The Morgan fingerprint density at radius 3 is 2.67 bits per heavy atom. The van der Waals surface area contributed by atoms with E-state index < -0.39 is 5.91 Å². The molecule has 0 fully saturated rings. The van der Waals surface area contributed by atoms with Crippen molar-refractivity contribution in [1.82, 2.24) is 5.32 Å². The number of hydrogen-bond donors (Lipinski definition) is 2. The van der Waals surface area contributed by atoms with Gasteiger partial charge in [0.1, 0.15) is 5.75 Å². The van der Waals surface area contributed by atoms with Gasteiger partial charge in [0.2, 0.25) is 5.91 Å². The molecule has 0 aliphatic heterocycles. The number of nitrogens with two attached hydrogens (primary N) is 1. The number of nitrogens with one attached hydrogen (secondary N) is 1. The van der Waals surface area contributed by atoms with Crippen LogP contribution in [0.4, 0.5) is 0 Å². The number of carbonyl (C=O) groups is 1. The van der Waals surface area contributed by atoms with Crippen LogP contribution in [0.25, 0.3) is 0 Å². The smallest absolute Gasteiger partial charge is 0.248 e. The fourth-order valence-electron chi connectivity index (χ4n) is 2.17. The molecular weight excluding hydrogens is 264 g/mol. The van der Waals surface area contributed by atoms with Gasteiger partial charge in [-0.25, -0.2) is 0 Å². The van der Waals surface area contributed by atoms with Crippen molar-refractivity contribution >= 4 is 5.91 Å². The van der Waals surface area contributed by atoms with Gasteiger partial charge in [-0.15, -0.1) is 0 Å². The van der Waals surface area contributed by atoms with Crippen molar-refractivity contribution in [2.75, 3.05) is 7.11 Å². The molecule has 2 aromatic rings. The Bertz CT molecular complexity index is 638. The van der Waals surface area contributed by atoms with E-state index >= 15 is 0 Å². The van der Waals surface area contributed by atoms with E-state index in [2.05, 4.69) is 11.4 Å². The Kier molecular flexibility index (Phi) is 4.95. The number of aryl methyl sites for hydroxylation is 1. The van der Waals surface area contributed by atoms with E-state index in [0.29, 0.717) is 5.56 Å². The number of ether oxygens (including phenoxy) is 1. The van der Waals surface area contributed by atoms with Crippen LogP contribution < -0.4 is 15.8 Å². The normalized spacial score (nSPS) is 10.4. The minimum Gasteiger partial charge on any atom is -0.497 e. The van der Waals surface area contributed by atoms with Crippen molar-refractivity contribution in [3.8, 4) is 5.75 Å². The Morgan fingerprint density at radius 2 is 2.00 bits per heavy atom. The van der Waals surface area contributed by atoms with Crippen LogP contribution in [0.5, 0.6) is 5.75 Å². The quantitative estimate of drug-likeness (QED) is 0.856. The van der Waals surface area contributed by atoms with E-state index in [4.69, 9.17) is 10.5 Å². The van der Waals surface area contributed by atoms with Crippen molar-refractivity contribution in [3.05, 3.63) is 64.7 Å².